The van der Waals surface area contributed by atoms with E-state index in [1.165, 1.54) is 6.07 Å². The van der Waals surface area contributed by atoms with Gasteiger partial charge in [-0.1, -0.05) is 49.2 Å². The average molecular weight is 402 g/mol. The summed E-state index contributed by atoms with van der Waals surface area (Å²) in [7, 11) is 0. The molecule has 0 unspecified atom stereocenters. The highest BCUT2D eigenvalue weighted by molar-refractivity contribution is 6.31. The fourth-order valence-electron chi connectivity index (χ4n) is 3.76. The third-order valence-corrected chi connectivity index (χ3v) is 5.53. The molecular formula is C22H18Cl2FNO. The maximum Gasteiger partial charge on any atom is 0.165 e. The molecule has 3 aromatic rings. The minimum atomic E-state index is -0.467. The normalized spacial score (nSPS) is 15.7. The van der Waals surface area contributed by atoms with Crippen LogP contribution in [0, 0.1) is 11.2 Å². The first kappa shape index (κ1) is 18.3. The summed E-state index contributed by atoms with van der Waals surface area (Å²) in [4.78, 5) is 12.8. The zero-order valence-corrected chi connectivity index (χ0v) is 16.5. The molecule has 27 heavy (non-hydrogen) atoms. The summed E-state index contributed by atoms with van der Waals surface area (Å²) in [6.07, 6.45) is 1.25. The van der Waals surface area contributed by atoms with Crippen LogP contribution in [-0.4, -0.2) is 10.4 Å². The van der Waals surface area contributed by atoms with Crippen LogP contribution in [-0.2, 0) is 6.42 Å². The highest BCUT2D eigenvalue weighted by Gasteiger charge is 2.35. The first-order valence-electron chi connectivity index (χ1n) is 8.74. The number of benzene rings is 2. The zero-order valence-electron chi connectivity index (χ0n) is 15.0. The van der Waals surface area contributed by atoms with Crippen molar-refractivity contribution in [2.45, 2.75) is 26.7 Å². The number of rotatable bonds is 2. The van der Waals surface area contributed by atoms with Gasteiger partial charge in [0.1, 0.15) is 5.82 Å². The van der Waals surface area contributed by atoms with Crippen LogP contribution >= 0.6 is 23.2 Å². The van der Waals surface area contributed by atoms with Crippen molar-refractivity contribution >= 4 is 29.0 Å². The second kappa shape index (κ2) is 6.50. The quantitative estimate of drug-likeness (QED) is 0.465. The number of fused-ring (bicyclic) bond motifs is 1. The summed E-state index contributed by atoms with van der Waals surface area (Å²) in [5.74, 6) is -0.339. The molecule has 0 fully saturated rings. The van der Waals surface area contributed by atoms with Crippen LogP contribution in [0.25, 0.3) is 16.9 Å². The minimum Gasteiger partial charge on any atom is -0.313 e. The van der Waals surface area contributed by atoms with Crippen LogP contribution in [0.3, 0.4) is 0 Å². The fraction of sp³-hybridized carbons (Fsp3) is 0.227. The standard InChI is InChI=1S/C22H18Cl2FNO/c1-22(2)11-20-16(21(27)12-22)10-19(13-3-5-14(23)6-4-13)26(20)15-7-8-18(25)17(24)9-15/h3-10H,11-12H2,1-2H3. The zero-order chi connectivity index (χ0) is 19.3. The van der Waals surface area contributed by atoms with E-state index >= 15 is 0 Å². The Balaban J connectivity index is 2.00. The Morgan fingerprint density at radius 1 is 1.00 bits per heavy atom. The monoisotopic (exact) mass is 401 g/mol. The Morgan fingerprint density at radius 2 is 1.70 bits per heavy atom. The van der Waals surface area contributed by atoms with Gasteiger partial charge >= 0.3 is 0 Å². The van der Waals surface area contributed by atoms with Crippen molar-refractivity contribution in [3.63, 3.8) is 0 Å². The van der Waals surface area contributed by atoms with Crippen molar-refractivity contribution in [1.82, 2.24) is 4.57 Å². The van der Waals surface area contributed by atoms with Crippen LogP contribution in [0.5, 0.6) is 0 Å². The van der Waals surface area contributed by atoms with Crippen molar-refractivity contribution < 1.29 is 9.18 Å². The summed E-state index contributed by atoms with van der Waals surface area (Å²) >= 11 is 12.1. The van der Waals surface area contributed by atoms with E-state index in [1.807, 2.05) is 34.9 Å². The van der Waals surface area contributed by atoms with Crippen molar-refractivity contribution in [1.29, 1.82) is 0 Å². The second-order valence-electron chi connectivity index (χ2n) is 7.77. The number of nitrogens with zero attached hydrogens (tertiary/aromatic N) is 1. The van der Waals surface area contributed by atoms with E-state index in [2.05, 4.69) is 13.8 Å². The summed E-state index contributed by atoms with van der Waals surface area (Å²) in [5.41, 5.74) is 4.05. The molecule has 5 heteroatoms. The highest BCUT2D eigenvalue weighted by atomic mass is 35.5. The van der Waals surface area contributed by atoms with Gasteiger partial charge in [0.05, 0.1) is 10.7 Å². The van der Waals surface area contributed by atoms with E-state index in [-0.39, 0.29) is 16.2 Å². The fourth-order valence-corrected chi connectivity index (χ4v) is 4.06. The number of carbonyl (C=O) groups excluding carboxylic acids is 1. The molecule has 1 aliphatic carbocycles. The molecule has 1 heterocycles. The molecular weight excluding hydrogens is 384 g/mol. The van der Waals surface area contributed by atoms with Gasteiger partial charge in [0, 0.05) is 28.4 Å². The molecule has 1 aromatic heterocycles. The van der Waals surface area contributed by atoms with Crippen LogP contribution in [0.2, 0.25) is 10.0 Å². The van der Waals surface area contributed by atoms with Crippen molar-refractivity contribution in [3.8, 4) is 16.9 Å². The van der Waals surface area contributed by atoms with Crippen LogP contribution in [0.4, 0.5) is 4.39 Å². The average Bonchev–Trinajstić information content (AvgIpc) is 2.96. The predicted octanol–water partition coefficient (Wildman–Crippen LogP) is 6.75. The molecule has 0 atom stereocenters. The number of aromatic nitrogens is 1. The minimum absolute atomic E-state index is 0.0541. The third-order valence-electron chi connectivity index (χ3n) is 4.99. The lowest BCUT2D eigenvalue weighted by Crippen LogP contribution is -2.27. The molecule has 0 N–H and O–H groups in total. The molecule has 0 aliphatic heterocycles. The van der Waals surface area contributed by atoms with Gasteiger partial charge in [0.2, 0.25) is 0 Å². The maximum absolute atomic E-state index is 13.7. The van der Waals surface area contributed by atoms with Crippen molar-refractivity contribution in [3.05, 3.63) is 75.7 Å². The molecule has 0 radical (unpaired) electrons. The lowest BCUT2D eigenvalue weighted by atomic mass is 9.76. The topological polar surface area (TPSA) is 22.0 Å². The van der Waals surface area contributed by atoms with E-state index in [9.17, 15) is 9.18 Å². The van der Waals surface area contributed by atoms with Crippen molar-refractivity contribution in [2.75, 3.05) is 0 Å². The number of ketones is 1. The molecule has 1 aliphatic rings. The molecule has 0 bridgehead atoms. The highest BCUT2D eigenvalue weighted by Crippen LogP contribution is 2.40. The van der Waals surface area contributed by atoms with Gasteiger partial charge in [0.15, 0.2) is 5.78 Å². The first-order valence-corrected chi connectivity index (χ1v) is 9.50. The predicted molar refractivity (Wildman–Crippen MR) is 108 cm³/mol. The number of carbonyl (C=O) groups is 1. The number of Topliss-reactive ketones (excluding diaryl/α,β-unsaturated/α-hetero) is 1. The third kappa shape index (κ3) is 3.30. The lowest BCUT2D eigenvalue weighted by Gasteiger charge is -2.30. The van der Waals surface area contributed by atoms with Gasteiger partial charge in [-0.05, 0) is 53.8 Å². The largest absolute Gasteiger partial charge is 0.313 e. The molecule has 2 nitrogen and oxygen atoms in total. The number of hydrogen-bond acceptors (Lipinski definition) is 1. The Hall–Kier alpha value is -2.10. The summed E-state index contributed by atoms with van der Waals surface area (Å²) in [6, 6.07) is 14.0. The Labute approximate surface area is 167 Å². The lowest BCUT2D eigenvalue weighted by molar-refractivity contribution is 0.0911. The Bertz CT molecular complexity index is 1050. The van der Waals surface area contributed by atoms with Gasteiger partial charge in [-0.3, -0.25) is 4.79 Å². The van der Waals surface area contributed by atoms with Gasteiger partial charge in [-0.2, -0.15) is 0 Å². The Kier molecular flexibility index (Phi) is 4.40. The van der Waals surface area contributed by atoms with Gasteiger partial charge in [-0.25, -0.2) is 4.39 Å². The first-order chi connectivity index (χ1) is 12.7. The van der Waals surface area contributed by atoms with Gasteiger partial charge in [0.25, 0.3) is 0 Å². The molecule has 0 saturated carbocycles. The van der Waals surface area contributed by atoms with E-state index < -0.39 is 5.82 Å². The van der Waals surface area contributed by atoms with E-state index in [4.69, 9.17) is 23.2 Å². The van der Waals surface area contributed by atoms with Crippen LogP contribution < -0.4 is 0 Å². The maximum atomic E-state index is 13.7. The van der Waals surface area contributed by atoms with E-state index in [0.717, 1.165) is 34.6 Å². The Morgan fingerprint density at radius 3 is 2.37 bits per heavy atom. The SMILES string of the molecule is CC1(C)CC(=O)c2cc(-c3ccc(Cl)cc3)n(-c3ccc(F)c(Cl)c3)c2C1. The summed E-state index contributed by atoms with van der Waals surface area (Å²) in [5, 5.41) is 0.696. The van der Waals surface area contributed by atoms with Crippen LogP contribution in [0.1, 0.15) is 36.3 Å². The summed E-state index contributed by atoms with van der Waals surface area (Å²) < 4.78 is 15.7. The second-order valence-corrected chi connectivity index (χ2v) is 8.62. The molecule has 4 rings (SSSR count). The van der Waals surface area contributed by atoms with Crippen LogP contribution in [0.15, 0.2) is 48.5 Å². The molecule has 0 amide bonds. The van der Waals surface area contributed by atoms with E-state index in [0.29, 0.717) is 11.4 Å². The smallest absolute Gasteiger partial charge is 0.165 e. The molecule has 2 aromatic carbocycles. The molecule has 138 valence electrons. The van der Waals surface area contributed by atoms with E-state index in [1.54, 1.807) is 12.1 Å². The summed E-state index contributed by atoms with van der Waals surface area (Å²) in [6.45, 7) is 4.18. The van der Waals surface area contributed by atoms with Crippen molar-refractivity contribution in [2.24, 2.45) is 5.41 Å². The van der Waals surface area contributed by atoms with Gasteiger partial charge in [-0.15, -0.1) is 0 Å². The van der Waals surface area contributed by atoms with Gasteiger partial charge < -0.3 is 4.57 Å². The molecule has 0 spiro atoms. The molecule has 0 saturated heterocycles. The number of hydrogen-bond donors (Lipinski definition) is 0. The number of halogens is 3.